The number of amides is 1. The number of carbonyl (C=O) groups excluding carboxylic acids is 1. The number of nitrogens with one attached hydrogen (secondary N) is 2. The second-order valence-electron chi connectivity index (χ2n) is 3.86. The van der Waals surface area contributed by atoms with E-state index in [0.717, 1.165) is 0 Å². The predicted octanol–water partition coefficient (Wildman–Crippen LogP) is 0.0273. The van der Waals surface area contributed by atoms with Crippen LogP contribution in [0.4, 0.5) is 0 Å². The summed E-state index contributed by atoms with van der Waals surface area (Å²) in [5.74, 6) is -0.0969. The lowest BCUT2D eigenvalue weighted by molar-refractivity contribution is -0.119. The van der Waals surface area contributed by atoms with Gasteiger partial charge in [0.25, 0.3) is 10.0 Å². The molecule has 0 radical (unpaired) electrons. The van der Waals surface area contributed by atoms with Crippen molar-refractivity contribution in [2.75, 3.05) is 13.1 Å². The van der Waals surface area contributed by atoms with E-state index in [-0.39, 0.29) is 23.2 Å². The van der Waals surface area contributed by atoms with Crippen molar-refractivity contribution in [2.45, 2.75) is 4.90 Å². The quantitative estimate of drug-likeness (QED) is 0.762. The van der Waals surface area contributed by atoms with Gasteiger partial charge in [-0.1, -0.05) is 18.2 Å². The van der Waals surface area contributed by atoms with Crippen LogP contribution in [0.1, 0.15) is 5.56 Å². The Morgan fingerprint density at radius 1 is 1.42 bits per heavy atom. The fourth-order valence-corrected chi connectivity index (χ4v) is 2.90. The minimum atomic E-state index is -3.55. The van der Waals surface area contributed by atoms with Gasteiger partial charge in [0.15, 0.2) is 0 Å². The van der Waals surface area contributed by atoms with E-state index in [1.54, 1.807) is 24.3 Å². The van der Waals surface area contributed by atoms with E-state index in [1.807, 2.05) is 0 Å². The number of amidine groups is 1. The number of aliphatic imine (C=N–C) groups is 1. The van der Waals surface area contributed by atoms with Crippen molar-refractivity contribution >= 4 is 21.8 Å². The molecule has 0 aromatic heterocycles. The number of carbonyl (C=O) groups is 1. The number of benzene rings is 1. The van der Waals surface area contributed by atoms with Crippen molar-refractivity contribution in [1.82, 2.24) is 10.0 Å². The highest BCUT2D eigenvalue weighted by atomic mass is 32.2. The van der Waals surface area contributed by atoms with Crippen LogP contribution in [0.2, 0.25) is 0 Å². The lowest BCUT2D eigenvalue weighted by Gasteiger charge is -2.00. The molecule has 0 saturated carbocycles. The van der Waals surface area contributed by atoms with Gasteiger partial charge in [0, 0.05) is 12.1 Å². The summed E-state index contributed by atoms with van der Waals surface area (Å²) in [6.45, 7) is 3.69. The van der Waals surface area contributed by atoms with Crippen LogP contribution in [-0.4, -0.2) is 33.3 Å². The molecule has 0 atom stereocenters. The third kappa shape index (κ3) is 2.82. The van der Waals surface area contributed by atoms with Crippen LogP contribution in [0, 0.1) is 0 Å². The van der Waals surface area contributed by atoms with Crippen LogP contribution < -0.4 is 10.0 Å². The summed E-state index contributed by atoms with van der Waals surface area (Å²) in [6, 6.07) is 6.50. The Morgan fingerprint density at radius 2 is 2.16 bits per heavy atom. The lowest BCUT2D eigenvalue weighted by atomic mass is 10.2. The summed E-state index contributed by atoms with van der Waals surface area (Å²) in [4.78, 5) is 15.6. The summed E-state index contributed by atoms with van der Waals surface area (Å²) < 4.78 is 25.9. The van der Waals surface area contributed by atoms with Gasteiger partial charge < -0.3 is 5.32 Å². The topological polar surface area (TPSA) is 87.6 Å². The van der Waals surface area contributed by atoms with E-state index in [4.69, 9.17) is 0 Å². The highest BCUT2D eigenvalue weighted by Gasteiger charge is 2.30. The van der Waals surface area contributed by atoms with E-state index < -0.39 is 10.0 Å². The highest BCUT2D eigenvalue weighted by molar-refractivity contribution is 7.90. The number of sulfonamides is 1. The molecule has 1 aromatic rings. The molecule has 2 N–H and O–H groups in total. The van der Waals surface area contributed by atoms with Crippen LogP contribution in [0.15, 0.2) is 46.8 Å². The standard InChI is InChI=1S/C12H13N3O3S/c1-2-7-13-11(16)8-14-12-9-5-3-4-6-10(9)19(17,18)15-12/h2-6H,1,7-8H2,(H,13,16)(H,14,15). The SMILES string of the molecule is C=CCNC(=O)CN=C1NS(=O)(=O)c2ccccc21. The smallest absolute Gasteiger partial charge is 0.263 e. The van der Waals surface area contributed by atoms with Crippen LogP contribution in [0.25, 0.3) is 0 Å². The molecule has 0 aliphatic carbocycles. The molecule has 100 valence electrons. The molecule has 1 aliphatic heterocycles. The molecule has 1 amide bonds. The number of fused-ring (bicyclic) bond motifs is 1. The van der Waals surface area contributed by atoms with Crippen molar-refractivity contribution in [3.05, 3.63) is 42.5 Å². The van der Waals surface area contributed by atoms with Crippen molar-refractivity contribution in [3.63, 3.8) is 0 Å². The molecular formula is C12H13N3O3S. The first kappa shape index (κ1) is 13.3. The monoisotopic (exact) mass is 279 g/mol. The maximum absolute atomic E-state index is 11.8. The maximum Gasteiger partial charge on any atom is 0.263 e. The van der Waals surface area contributed by atoms with Gasteiger partial charge in [0.1, 0.15) is 12.4 Å². The largest absolute Gasteiger partial charge is 0.351 e. The Balaban J connectivity index is 2.20. The van der Waals surface area contributed by atoms with E-state index in [1.165, 1.54) is 6.07 Å². The zero-order chi connectivity index (χ0) is 13.9. The lowest BCUT2D eigenvalue weighted by Crippen LogP contribution is -2.28. The van der Waals surface area contributed by atoms with Gasteiger partial charge in [-0.2, -0.15) is 0 Å². The second-order valence-corrected chi connectivity index (χ2v) is 5.51. The van der Waals surface area contributed by atoms with E-state index >= 15 is 0 Å². The van der Waals surface area contributed by atoms with Crippen molar-refractivity contribution in [2.24, 2.45) is 4.99 Å². The normalized spacial score (nSPS) is 17.6. The summed E-state index contributed by atoms with van der Waals surface area (Å²) in [5, 5.41) is 2.56. The molecule has 0 spiro atoms. The molecular weight excluding hydrogens is 266 g/mol. The Kier molecular flexibility index (Phi) is 3.66. The molecule has 0 saturated heterocycles. The summed E-state index contributed by atoms with van der Waals surface area (Å²) in [6.07, 6.45) is 1.55. The van der Waals surface area contributed by atoms with Gasteiger partial charge >= 0.3 is 0 Å². The highest BCUT2D eigenvalue weighted by Crippen LogP contribution is 2.21. The average molecular weight is 279 g/mol. The summed E-state index contributed by atoms with van der Waals surface area (Å²) in [7, 11) is -3.55. The van der Waals surface area contributed by atoms with E-state index in [0.29, 0.717) is 12.1 Å². The average Bonchev–Trinajstić information content (AvgIpc) is 2.66. The first-order chi connectivity index (χ1) is 9.04. The first-order valence-corrected chi connectivity index (χ1v) is 7.07. The molecule has 1 heterocycles. The fourth-order valence-electron chi connectivity index (χ4n) is 1.64. The minimum absolute atomic E-state index is 0.139. The van der Waals surface area contributed by atoms with Crippen LogP contribution >= 0.6 is 0 Å². The molecule has 1 aliphatic rings. The van der Waals surface area contributed by atoms with E-state index in [2.05, 4.69) is 21.6 Å². The molecule has 1 aromatic carbocycles. The Morgan fingerprint density at radius 3 is 2.89 bits per heavy atom. The van der Waals surface area contributed by atoms with Gasteiger partial charge in [-0.05, 0) is 12.1 Å². The minimum Gasteiger partial charge on any atom is -0.351 e. The molecule has 0 fully saturated rings. The predicted molar refractivity (Wildman–Crippen MR) is 71.4 cm³/mol. The Bertz CT molecular complexity index is 650. The van der Waals surface area contributed by atoms with Crippen molar-refractivity contribution in [3.8, 4) is 0 Å². The van der Waals surface area contributed by atoms with Crippen LogP contribution in [-0.2, 0) is 14.8 Å². The maximum atomic E-state index is 11.8. The molecule has 2 rings (SSSR count). The zero-order valence-electron chi connectivity index (χ0n) is 10.1. The van der Waals surface area contributed by atoms with Gasteiger partial charge in [-0.25, -0.2) is 8.42 Å². The summed E-state index contributed by atoms with van der Waals surface area (Å²) >= 11 is 0. The molecule has 7 heteroatoms. The van der Waals surface area contributed by atoms with Gasteiger partial charge in [-0.3, -0.25) is 14.5 Å². The summed E-state index contributed by atoms with van der Waals surface area (Å²) in [5.41, 5.74) is 0.485. The van der Waals surface area contributed by atoms with Crippen molar-refractivity contribution < 1.29 is 13.2 Å². The van der Waals surface area contributed by atoms with Gasteiger partial charge in [-0.15, -0.1) is 6.58 Å². The number of hydrogen-bond acceptors (Lipinski definition) is 4. The number of nitrogens with zero attached hydrogens (tertiary/aromatic N) is 1. The Labute approximate surface area is 111 Å². The third-order valence-electron chi connectivity index (χ3n) is 2.49. The van der Waals surface area contributed by atoms with Crippen LogP contribution in [0.5, 0.6) is 0 Å². The van der Waals surface area contributed by atoms with E-state index in [9.17, 15) is 13.2 Å². The van der Waals surface area contributed by atoms with Crippen LogP contribution in [0.3, 0.4) is 0 Å². The molecule has 6 nitrogen and oxygen atoms in total. The Hall–Kier alpha value is -2.15. The third-order valence-corrected chi connectivity index (χ3v) is 3.88. The molecule has 19 heavy (non-hydrogen) atoms. The number of hydrogen-bond donors (Lipinski definition) is 2. The van der Waals surface area contributed by atoms with Gasteiger partial charge in [0.05, 0.1) is 4.90 Å². The fraction of sp³-hybridized carbons (Fsp3) is 0.167. The number of rotatable bonds is 4. The first-order valence-electron chi connectivity index (χ1n) is 5.59. The molecule has 0 bridgehead atoms. The van der Waals surface area contributed by atoms with Crippen molar-refractivity contribution in [1.29, 1.82) is 0 Å². The zero-order valence-corrected chi connectivity index (χ0v) is 10.9. The van der Waals surface area contributed by atoms with Gasteiger partial charge in [0.2, 0.25) is 5.91 Å². The second kappa shape index (κ2) is 5.23. The molecule has 0 unspecified atom stereocenters.